The van der Waals surface area contributed by atoms with Crippen LogP contribution in [-0.2, 0) is 4.74 Å². The number of hydrogen-bond donors (Lipinski definition) is 1. The van der Waals surface area contributed by atoms with Gasteiger partial charge in [0.15, 0.2) is 0 Å². The van der Waals surface area contributed by atoms with Crippen molar-refractivity contribution in [3.63, 3.8) is 0 Å². The predicted octanol–water partition coefficient (Wildman–Crippen LogP) is 3.14. The number of nitrogens with zero attached hydrogens (tertiary/aromatic N) is 1. The van der Waals surface area contributed by atoms with E-state index in [1.807, 2.05) is 26.1 Å². The van der Waals surface area contributed by atoms with Gasteiger partial charge in [-0.1, -0.05) is 6.07 Å². The topological polar surface area (TPSA) is 43.4 Å². The average Bonchev–Trinajstić information content (AvgIpc) is 2.97. The summed E-state index contributed by atoms with van der Waals surface area (Å²) in [6.07, 6.45) is 2.41. The maximum Gasteiger partial charge on any atom is 0.221 e. The number of benzene rings is 1. The Balaban J connectivity index is 1.92. The van der Waals surface area contributed by atoms with Crippen molar-refractivity contribution in [3.05, 3.63) is 30.0 Å². The molecule has 1 atom stereocenters. The molecule has 0 radical (unpaired) electrons. The van der Waals surface area contributed by atoms with E-state index in [0.29, 0.717) is 12.5 Å². The molecule has 1 unspecified atom stereocenters. The molecular formula is C16H20N2O2. The van der Waals surface area contributed by atoms with E-state index < -0.39 is 0 Å². The second-order valence-corrected chi connectivity index (χ2v) is 5.17. The molecule has 20 heavy (non-hydrogen) atoms. The van der Waals surface area contributed by atoms with Crippen molar-refractivity contribution in [2.45, 2.75) is 25.9 Å². The zero-order valence-corrected chi connectivity index (χ0v) is 12.0. The minimum atomic E-state index is 0.208. The van der Waals surface area contributed by atoms with Gasteiger partial charge >= 0.3 is 0 Å². The van der Waals surface area contributed by atoms with Gasteiger partial charge in [0.05, 0.1) is 6.10 Å². The lowest BCUT2D eigenvalue weighted by molar-refractivity contribution is 0.0669. The number of fused-ring (bicyclic) bond motifs is 1. The molecule has 1 aromatic carbocycles. The van der Waals surface area contributed by atoms with Gasteiger partial charge in [-0.15, -0.1) is 0 Å². The van der Waals surface area contributed by atoms with Crippen molar-refractivity contribution in [2.75, 3.05) is 25.6 Å². The number of nitrogens with one attached hydrogen (secondary N) is 1. The Morgan fingerprint density at radius 2 is 2.30 bits per heavy atom. The number of rotatable bonds is 4. The van der Waals surface area contributed by atoms with Crippen LogP contribution in [0.5, 0.6) is 5.88 Å². The molecule has 1 aromatic heterocycles. The maximum atomic E-state index is 5.92. The fourth-order valence-corrected chi connectivity index (χ4v) is 2.64. The van der Waals surface area contributed by atoms with Crippen molar-refractivity contribution < 1.29 is 9.47 Å². The number of hydrogen-bond acceptors (Lipinski definition) is 4. The summed E-state index contributed by atoms with van der Waals surface area (Å²) >= 11 is 0. The molecule has 106 valence electrons. The van der Waals surface area contributed by atoms with Crippen LogP contribution in [0.25, 0.3) is 10.8 Å². The molecule has 2 heterocycles. The van der Waals surface area contributed by atoms with Crippen molar-refractivity contribution >= 4 is 16.5 Å². The van der Waals surface area contributed by atoms with Crippen molar-refractivity contribution in [2.24, 2.45) is 0 Å². The zero-order valence-electron chi connectivity index (χ0n) is 12.0. The lowest BCUT2D eigenvalue weighted by Gasteiger charge is -2.14. The van der Waals surface area contributed by atoms with Crippen LogP contribution in [0.3, 0.4) is 0 Å². The Bertz CT molecular complexity index is 607. The second-order valence-electron chi connectivity index (χ2n) is 5.17. The fourth-order valence-electron chi connectivity index (χ4n) is 2.64. The summed E-state index contributed by atoms with van der Waals surface area (Å²) < 4.78 is 11.5. The SMILES string of the molecule is CNc1cccc2c(OCC3CCCO3)nc(C)cc12. The molecule has 1 fully saturated rings. The highest BCUT2D eigenvalue weighted by molar-refractivity contribution is 5.96. The number of aryl methyl sites for hydroxylation is 1. The standard InChI is InChI=1S/C16H20N2O2/c1-11-9-14-13(6-3-7-15(14)17-2)16(18-11)20-10-12-5-4-8-19-12/h3,6-7,9,12,17H,4-5,8,10H2,1-2H3. The highest BCUT2D eigenvalue weighted by Crippen LogP contribution is 2.30. The van der Waals surface area contributed by atoms with Crippen LogP contribution in [0.1, 0.15) is 18.5 Å². The molecule has 0 bridgehead atoms. The van der Waals surface area contributed by atoms with Crippen LogP contribution in [0.15, 0.2) is 24.3 Å². The number of aromatic nitrogens is 1. The third-order valence-electron chi connectivity index (χ3n) is 3.67. The van der Waals surface area contributed by atoms with Gasteiger partial charge in [-0.2, -0.15) is 0 Å². The average molecular weight is 272 g/mol. The molecule has 0 saturated carbocycles. The minimum Gasteiger partial charge on any atom is -0.474 e. The quantitative estimate of drug-likeness (QED) is 0.928. The van der Waals surface area contributed by atoms with E-state index in [4.69, 9.17) is 9.47 Å². The molecule has 1 saturated heterocycles. The van der Waals surface area contributed by atoms with Crippen LogP contribution in [-0.4, -0.2) is 31.3 Å². The van der Waals surface area contributed by atoms with Crippen LogP contribution in [0.2, 0.25) is 0 Å². The van der Waals surface area contributed by atoms with E-state index in [1.54, 1.807) is 0 Å². The smallest absolute Gasteiger partial charge is 0.221 e. The molecule has 4 heteroatoms. The third-order valence-corrected chi connectivity index (χ3v) is 3.67. The molecular weight excluding hydrogens is 252 g/mol. The van der Waals surface area contributed by atoms with Gasteiger partial charge in [-0.05, 0) is 38.0 Å². The monoisotopic (exact) mass is 272 g/mol. The largest absolute Gasteiger partial charge is 0.474 e. The predicted molar refractivity (Wildman–Crippen MR) is 80.5 cm³/mol. The van der Waals surface area contributed by atoms with E-state index in [1.165, 1.54) is 0 Å². The van der Waals surface area contributed by atoms with Crippen LogP contribution >= 0.6 is 0 Å². The maximum absolute atomic E-state index is 5.92. The Morgan fingerprint density at radius 3 is 3.05 bits per heavy atom. The first-order valence-corrected chi connectivity index (χ1v) is 7.10. The normalized spacial score (nSPS) is 18.4. The molecule has 0 aliphatic carbocycles. The Hall–Kier alpha value is -1.81. The van der Waals surface area contributed by atoms with Crippen LogP contribution < -0.4 is 10.1 Å². The summed E-state index contributed by atoms with van der Waals surface area (Å²) in [5, 5.41) is 5.40. The first-order chi connectivity index (χ1) is 9.78. The van der Waals surface area contributed by atoms with E-state index >= 15 is 0 Å². The number of pyridine rings is 1. The highest BCUT2D eigenvalue weighted by Gasteiger charge is 2.17. The lowest BCUT2D eigenvalue weighted by Crippen LogP contribution is -2.17. The zero-order chi connectivity index (χ0) is 13.9. The van der Waals surface area contributed by atoms with Gasteiger partial charge < -0.3 is 14.8 Å². The fraction of sp³-hybridized carbons (Fsp3) is 0.438. The van der Waals surface area contributed by atoms with E-state index in [9.17, 15) is 0 Å². The molecule has 0 spiro atoms. The molecule has 1 N–H and O–H groups in total. The summed E-state index contributed by atoms with van der Waals surface area (Å²) in [5.41, 5.74) is 2.05. The third kappa shape index (κ3) is 2.56. The summed E-state index contributed by atoms with van der Waals surface area (Å²) in [6, 6.07) is 8.21. The molecule has 0 amide bonds. The molecule has 1 aliphatic heterocycles. The first kappa shape index (κ1) is 13.2. The Morgan fingerprint density at radius 1 is 1.40 bits per heavy atom. The number of anilines is 1. The molecule has 3 rings (SSSR count). The van der Waals surface area contributed by atoms with Gasteiger partial charge in [0, 0.05) is 35.8 Å². The molecule has 1 aliphatic rings. The summed E-state index contributed by atoms with van der Waals surface area (Å²) in [7, 11) is 1.93. The van der Waals surface area contributed by atoms with Gasteiger partial charge in [-0.3, -0.25) is 0 Å². The summed E-state index contributed by atoms with van der Waals surface area (Å²) in [6.45, 7) is 3.42. The van der Waals surface area contributed by atoms with Crippen LogP contribution in [0, 0.1) is 6.92 Å². The van der Waals surface area contributed by atoms with Crippen molar-refractivity contribution in [1.29, 1.82) is 0 Å². The lowest BCUT2D eigenvalue weighted by atomic mass is 10.1. The number of ether oxygens (including phenoxy) is 2. The van der Waals surface area contributed by atoms with Gasteiger partial charge in [0.2, 0.25) is 5.88 Å². The summed E-state index contributed by atoms with van der Waals surface area (Å²) in [5.74, 6) is 0.701. The van der Waals surface area contributed by atoms with Crippen molar-refractivity contribution in [1.82, 2.24) is 4.98 Å². The van der Waals surface area contributed by atoms with Gasteiger partial charge in [0.1, 0.15) is 6.61 Å². The van der Waals surface area contributed by atoms with Crippen LogP contribution in [0.4, 0.5) is 5.69 Å². The van der Waals surface area contributed by atoms with Gasteiger partial charge in [-0.25, -0.2) is 4.98 Å². The summed E-state index contributed by atoms with van der Waals surface area (Å²) in [4.78, 5) is 4.53. The second kappa shape index (κ2) is 5.67. The minimum absolute atomic E-state index is 0.208. The van der Waals surface area contributed by atoms with E-state index in [0.717, 1.165) is 41.6 Å². The van der Waals surface area contributed by atoms with Crippen molar-refractivity contribution in [3.8, 4) is 5.88 Å². The molecule has 2 aromatic rings. The first-order valence-electron chi connectivity index (χ1n) is 7.10. The Labute approximate surface area is 119 Å². The Kier molecular flexibility index (Phi) is 3.74. The van der Waals surface area contributed by atoms with E-state index in [-0.39, 0.29) is 6.10 Å². The highest BCUT2D eigenvalue weighted by atomic mass is 16.5. The van der Waals surface area contributed by atoms with E-state index in [2.05, 4.69) is 22.4 Å². The van der Waals surface area contributed by atoms with Gasteiger partial charge in [0.25, 0.3) is 0 Å². The molecule has 4 nitrogen and oxygen atoms in total.